The topological polar surface area (TPSA) is 58.6 Å². The van der Waals surface area contributed by atoms with Crippen molar-refractivity contribution in [3.05, 3.63) is 29.8 Å². The molecule has 0 aliphatic rings. The molecule has 0 fully saturated rings. The molecule has 110 valence electrons. The number of nitrogens with zero attached hydrogens (tertiary/aromatic N) is 1. The third-order valence-corrected chi connectivity index (χ3v) is 2.86. The van der Waals surface area contributed by atoms with E-state index < -0.39 is 0 Å². The third-order valence-electron chi connectivity index (χ3n) is 2.86. The number of rotatable bonds is 7. The lowest BCUT2D eigenvalue weighted by Gasteiger charge is -2.20. The summed E-state index contributed by atoms with van der Waals surface area (Å²) in [5, 5.41) is 2.79. The molecule has 2 amide bonds. The zero-order valence-electron chi connectivity index (χ0n) is 12.3. The molecule has 0 saturated carbocycles. The van der Waals surface area contributed by atoms with Gasteiger partial charge in [0, 0.05) is 32.9 Å². The van der Waals surface area contributed by atoms with Crippen LogP contribution in [-0.2, 0) is 14.3 Å². The number of hydrogen-bond donors (Lipinski definition) is 1. The van der Waals surface area contributed by atoms with Crippen LogP contribution in [0.1, 0.15) is 18.9 Å². The number of carbonyl (C=O) groups excluding carboxylic acids is 2. The molecule has 1 N–H and O–H groups in total. The molecular weight excluding hydrogens is 256 g/mol. The molecule has 0 aromatic heterocycles. The summed E-state index contributed by atoms with van der Waals surface area (Å²) in [7, 11) is 1.61. The molecule has 0 aliphatic heterocycles. The maximum absolute atomic E-state index is 11.9. The number of ether oxygens (including phenoxy) is 1. The summed E-state index contributed by atoms with van der Waals surface area (Å²) >= 11 is 0. The Kier molecular flexibility index (Phi) is 6.73. The van der Waals surface area contributed by atoms with Crippen LogP contribution < -0.4 is 5.32 Å². The van der Waals surface area contributed by atoms with Crippen molar-refractivity contribution < 1.29 is 14.3 Å². The first-order valence-electron chi connectivity index (χ1n) is 6.64. The molecule has 0 bridgehead atoms. The van der Waals surface area contributed by atoms with Crippen LogP contribution in [0, 0.1) is 6.92 Å². The fraction of sp³-hybridized carbons (Fsp3) is 0.467. The van der Waals surface area contributed by atoms with E-state index in [0.29, 0.717) is 19.6 Å². The van der Waals surface area contributed by atoms with Crippen LogP contribution in [0.4, 0.5) is 5.69 Å². The minimum atomic E-state index is -0.191. The Morgan fingerprint density at radius 3 is 2.70 bits per heavy atom. The molecule has 1 rings (SSSR count). The molecule has 0 saturated heterocycles. The van der Waals surface area contributed by atoms with Crippen LogP contribution in [0.25, 0.3) is 0 Å². The van der Waals surface area contributed by atoms with Crippen LogP contribution in [0.15, 0.2) is 24.3 Å². The van der Waals surface area contributed by atoms with Crippen LogP contribution in [0.5, 0.6) is 0 Å². The summed E-state index contributed by atoms with van der Waals surface area (Å²) in [6.45, 7) is 4.58. The number of aryl methyl sites for hydroxylation is 1. The molecule has 0 atom stereocenters. The quantitative estimate of drug-likeness (QED) is 0.774. The number of methoxy groups -OCH3 is 1. The fourth-order valence-electron chi connectivity index (χ4n) is 1.84. The van der Waals surface area contributed by atoms with Gasteiger partial charge in [-0.2, -0.15) is 0 Å². The molecule has 5 heteroatoms. The Balaban J connectivity index is 2.51. The molecule has 5 nitrogen and oxygen atoms in total. The minimum absolute atomic E-state index is 0.0625. The standard InChI is InChI=1S/C15H22N2O3/c1-12-6-4-7-14(10-12)16-15(19)11-17(13(2)18)8-5-9-20-3/h4,6-7,10H,5,8-9,11H2,1-3H3,(H,16,19). The predicted octanol–water partition coefficient (Wildman–Crippen LogP) is 1.82. The highest BCUT2D eigenvalue weighted by atomic mass is 16.5. The van der Waals surface area contributed by atoms with Crippen molar-refractivity contribution in [1.29, 1.82) is 0 Å². The Morgan fingerprint density at radius 2 is 2.10 bits per heavy atom. The first-order chi connectivity index (χ1) is 9.52. The van der Waals surface area contributed by atoms with E-state index >= 15 is 0 Å². The van der Waals surface area contributed by atoms with Gasteiger partial charge in [-0.25, -0.2) is 0 Å². The molecule has 0 radical (unpaired) electrons. The van der Waals surface area contributed by atoms with Gasteiger partial charge >= 0.3 is 0 Å². The van der Waals surface area contributed by atoms with Crippen molar-refractivity contribution in [3.8, 4) is 0 Å². The van der Waals surface area contributed by atoms with Crippen molar-refractivity contribution in [2.75, 3.05) is 32.1 Å². The van der Waals surface area contributed by atoms with Gasteiger partial charge in [0.15, 0.2) is 0 Å². The number of hydrogen-bond acceptors (Lipinski definition) is 3. The molecule has 0 unspecified atom stereocenters. The Hall–Kier alpha value is -1.88. The van der Waals surface area contributed by atoms with Crippen LogP contribution in [0.3, 0.4) is 0 Å². The van der Waals surface area contributed by atoms with E-state index in [1.54, 1.807) is 7.11 Å². The van der Waals surface area contributed by atoms with E-state index in [-0.39, 0.29) is 18.4 Å². The summed E-state index contributed by atoms with van der Waals surface area (Å²) in [6.07, 6.45) is 0.716. The van der Waals surface area contributed by atoms with Gasteiger partial charge in [-0.15, -0.1) is 0 Å². The SMILES string of the molecule is COCCCN(CC(=O)Nc1cccc(C)c1)C(C)=O. The zero-order chi connectivity index (χ0) is 15.0. The van der Waals surface area contributed by atoms with Crippen molar-refractivity contribution in [2.24, 2.45) is 0 Å². The van der Waals surface area contributed by atoms with E-state index in [1.807, 2.05) is 31.2 Å². The third kappa shape index (κ3) is 5.84. The Bertz CT molecular complexity index is 460. The lowest BCUT2D eigenvalue weighted by Crippen LogP contribution is -2.37. The lowest BCUT2D eigenvalue weighted by molar-refractivity contribution is -0.132. The Morgan fingerprint density at radius 1 is 1.35 bits per heavy atom. The minimum Gasteiger partial charge on any atom is -0.385 e. The fourth-order valence-corrected chi connectivity index (χ4v) is 1.84. The summed E-state index contributed by atoms with van der Waals surface area (Å²) in [5.41, 5.74) is 1.82. The van der Waals surface area contributed by atoms with Crippen LogP contribution >= 0.6 is 0 Å². The number of carbonyl (C=O) groups is 2. The molecule has 1 aromatic rings. The lowest BCUT2D eigenvalue weighted by atomic mass is 10.2. The van der Waals surface area contributed by atoms with E-state index in [0.717, 1.165) is 11.3 Å². The maximum atomic E-state index is 11.9. The van der Waals surface area contributed by atoms with Crippen molar-refractivity contribution in [3.63, 3.8) is 0 Å². The van der Waals surface area contributed by atoms with Gasteiger partial charge in [-0.1, -0.05) is 12.1 Å². The molecule has 0 spiro atoms. The van der Waals surface area contributed by atoms with Gasteiger partial charge in [-0.05, 0) is 31.0 Å². The average Bonchev–Trinajstić information content (AvgIpc) is 2.37. The van der Waals surface area contributed by atoms with E-state index in [4.69, 9.17) is 4.74 Å². The van der Waals surface area contributed by atoms with Gasteiger partial charge in [0.05, 0.1) is 6.54 Å². The second-order valence-electron chi connectivity index (χ2n) is 4.70. The van der Waals surface area contributed by atoms with Crippen LogP contribution in [0.2, 0.25) is 0 Å². The highest BCUT2D eigenvalue weighted by molar-refractivity contribution is 5.94. The smallest absolute Gasteiger partial charge is 0.243 e. The maximum Gasteiger partial charge on any atom is 0.243 e. The van der Waals surface area contributed by atoms with Gasteiger partial charge < -0.3 is 15.0 Å². The number of anilines is 1. The predicted molar refractivity (Wildman–Crippen MR) is 78.6 cm³/mol. The van der Waals surface area contributed by atoms with Gasteiger partial charge in [0.25, 0.3) is 0 Å². The summed E-state index contributed by atoms with van der Waals surface area (Å²) < 4.78 is 4.95. The van der Waals surface area contributed by atoms with Gasteiger partial charge in [0.2, 0.25) is 11.8 Å². The van der Waals surface area contributed by atoms with E-state index in [1.165, 1.54) is 11.8 Å². The van der Waals surface area contributed by atoms with Crippen molar-refractivity contribution >= 4 is 17.5 Å². The second-order valence-corrected chi connectivity index (χ2v) is 4.70. The van der Waals surface area contributed by atoms with Gasteiger partial charge in [-0.3, -0.25) is 9.59 Å². The normalized spacial score (nSPS) is 10.2. The molecular formula is C15H22N2O3. The average molecular weight is 278 g/mol. The summed E-state index contributed by atoms with van der Waals surface area (Å²) in [6, 6.07) is 7.56. The van der Waals surface area contributed by atoms with E-state index in [9.17, 15) is 9.59 Å². The first-order valence-corrected chi connectivity index (χ1v) is 6.64. The Labute approximate surface area is 119 Å². The van der Waals surface area contributed by atoms with E-state index in [2.05, 4.69) is 5.32 Å². The molecule has 1 aromatic carbocycles. The second kappa shape index (κ2) is 8.32. The summed E-state index contributed by atoms with van der Waals surface area (Å²) in [5.74, 6) is -0.302. The summed E-state index contributed by atoms with van der Waals surface area (Å²) in [4.78, 5) is 24.9. The van der Waals surface area contributed by atoms with Crippen molar-refractivity contribution in [1.82, 2.24) is 4.90 Å². The molecule has 20 heavy (non-hydrogen) atoms. The highest BCUT2D eigenvalue weighted by Gasteiger charge is 2.13. The molecule has 0 aliphatic carbocycles. The molecule has 0 heterocycles. The van der Waals surface area contributed by atoms with Crippen molar-refractivity contribution in [2.45, 2.75) is 20.3 Å². The monoisotopic (exact) mass is 278 g/mol. The zero-order valence-corrected chi connectivity index (χ0v) is 12.3. The number of amides is 2. The first kappa shape index (κ1) is 16.2. The highest BCUT2D eigenvalue weighted by Crippen LogP contribution is 2.09. The largest absolute Gasteiger partial charge is 0.385 e. The number of nitrogens with one attached hydrogen (secondary N) is 1. The number of benzene rings is 1. The van der Waals surface area contributed by atoms with Crippen LogP contribution in [-0.4, -0.2) is 43.5 Å². The van der Waals surface area contributed by atoms with Gasteiger partial charge in [0.1, 0.15) is 0 Å².